The topological polar surface area (TPSA) is 47.6 Å². The Kier molecular flexibility index (Phi) is 5.42. The Bertz CT molecular complexity index is 638. The molecule has 4 heteroatoms. The van der Waals surface area contributed by atoms with Crippen molar-refractivity contribution in [1.82, 2.24) is 0 Å². The van der Waals surface area contributed by atoms with Crippen LogP contribution in [0.5, 0.6) is 11.5 Å². The molecule has 4 nitrogen and oxygen atoms in total. The summed E-state index contributed by atoms with van der Waals surface area (Å²) in [5, 5.41) is 2.86. The van der Waals surface area contributed by atoms with Crippen molar-refractivity contribution in [3.63, 3.8) is 0 Å². The first-order chi connectivity index (χ1) is 10.6. The molecule has 2 aromatic carbocycles. The lowest BCUT2D eigenvalue weighted by Crippen LogP contribution is -2.15. The van der Waals surface area contributed by atoms with E-state index < -0.39 is 0 Å². The lowest BCUT2D eigenvalue weighted by molar-refractivity contribution is 0.102. The quantitative estimate of drug-likeness (QED) is 0.877. The molecule has 0 fully saturated rings. The number of anilines is 1. The molecule has 0 radical (unpaired) electrons. The van der Waals surface area contributed by atoms with Crippen molar-refractivity contribution < 1.29 is 14.3 Å². The van der Waals surface area contributed by atoms with Gasteiger partial charge in [0.2, 0.25) is 0 Å². The molecule has 0 atom stereocenters. The summed E-state index contributed by atoms with van der Waals surface area (Å²) in [7, 11) is 1.59. The van der Waals surface area contributed by atoms with Gasteiger partial charge in [0.1, 0.15) is 11.5 Å². The molecule has 2 rings (SSSR count). The second kappa shape index (κ2) is 7.50. The van der Waals surface area contributed by atoms with Gasteiger partial charge in [0.25, 0.3) is 5.91 Å². The highest BCUT2D eigenvalue weighted by Crippen LogP contribution is 2.22. The van der Waals surface area contributed by atoms with E-state index >= 15 is 0 Å². The van der Waals surface area contributed by atoms with Crippen LogP contribution in [0.15, 0.2) is 48.5 Å². The summed E-state index contributed by atoms with van der Waals surface area (Å²) in [6.45, 7) is 4.71. The van der Waals surface area contributed by atoms with Crippen molar-refractivity contribution in [3.05, 3.63) is 54.1 Å². The van der Waals surface area contributed by atoms with E-state index in [2.05, 4.69) is 19.2 Å². The number of nitrogens with one attached hydrogen (secondary N) is 1. The standard InChI is InChI=1S/C18H21NO3/c1-13(2)12-22-17-10-5-4-9-16(17)18(20)19-14-7-6-8-15(11-14)21-3/h4-11,13H,12H2,1-3H3,(H,19,20). The zero-order valence-electron chi connectivity index (χ0n) is 13.1. The second-order valence-corrected chi connectivity index (χ2v) is 5.39. The first-order valence-corrected chi connectivity index (χ1v) is 7.27. The molecule has 0 heterocycles. The third-order valence-corrected chi connectivity index (χ3v) is 3.03. The Hall–Kier alpha value is -2.49. The van der Waals surface area contributed by atoms with Gasteiger partial charge in [-0.3, -0.25) is 4.79 Å². The van der Waals surface area contributed by atoms with Crippen LogP contribution in [0.25, 0.3) is 0 Å². The van der Waals surface area contributed by atoms with Crippen molar-refractivity contribution >= 4 is 11.6 Å². The number of para-hydroxylation sites is 1. The SMILES string of the molecule is COc1cccc(NC(=O)c2ccccc2OCC(C)C)c1. The zero-order chi connectivity index (χ0) is 15.9. The molecule has 0 aromatic heterocycles. The number of benzene rings is 2. The van der Waals surface area contributed by atoms with Gasteiger partial charge in [-0.15, -0.1) is 0 Å². The maximum atomic E-state index is 12.4. The molecular formula is C18H21NO3. The minimum absolute atomic E-state index is 0.201. The number of ether oxygens (including phenoxy) is 2. The van der Waals surface area contributed by atoms with Crippen molar-refractivity contribution in [2.75, 3.05) is 19.0 Å². The van der Waals surface area contributed by atoms with E-state index in [0.29, 0.717) is 35.3 Å². The van der Waals surface area contributed by atoms with Crippen LogP contribution in [0.3, 0.4) is 0 Å². The molecule has 0 aliphatic rings. The first kappa shape index (κ1) is 15.9. The van der Waals surface area contributed by atoms with Crippen LogP contribution in [0.2, 0.25) is 0 Å². The predicted octanol–water partition coefficient (Wildman–Crippen LogP) is 3.98. The lowest BCUT2D eigenvalue weighted by Gasteiger charge is -2.13. The van der Waals surface area contributed by atoms with Crippen molar-refractivity contribution in [2.45, 2.75) is 13.8 Å². The molecule has 0 bridgehead atoms. The molecule has 0 aliphatic heterocycles. The summed E-state index contributed by atoms with van der Waals surface area (Å²) in [4.78, 5) is 12.4. The van der Waals surface area contributed by atoms with Crippen LogP contribution >= 0.6 is 0 Å². The maximum Gasteiger partial charge on any atom is 0.259 e. The van der Waals surface area contributed by atoms with E-state index in [1.165, 1.54) is 0 Å². The third kappa shape index (κ3) is 4.25. The zero-order valence-corrected chi connectivity index (χ0v) is 13.1. The van der Waals surface area contributed by atoms with Crippen LogP contribution in [0.4, 0.5) is 5.69 Å². The van der Waals surface area contributed by atoms with Crippen LogP contribution in [-0.2, 0) is 0 Å². The number of amides is 1. The fraction of sp³-hybridized carbons (Fsp3) is 0.278. The Morgan fingerprint density at radius 3 is 2.64 bits per heavy atom. The number of hydrogen-bond donors (Lipinski definition) is 1. The summed E-state index contributed by atoms with van der Waals surface area (Å²) in [5.41, 5.74) is 1.20. The molecule has 0 aliphatic carbocycles. The normalized spacial score (nSPS) is 10.4. The monoisotopic (exact) mass is 299 g/mol. The Morgan fingerprint density at radius 2 is 1.91 bits per heavy atom. The fourth-order valence-corrected chi connectivity index (χ4v) is 1.94. The van der Waals surface area contributed by atoms with Gasteiger partial charge in [0.05, 0.1) is 19.3 Å². The van der Waals surface area contributed by atoms with E-state index in [4.69, 9.17) is 9.47 Å². The molecule has 2 aromatic rings. The van der Waals surface area contributed by atoms with Crippen molar-refractivity contribution in [3.8, 4) is 11.5 Å². The van der Waals surface area contributed by atoms with Gasteiger partial charge in [-0.1, -0.05) is 32.0 Å². The van der Waals surface area contributed by atoms with E-state index in [0.717, 1.165) is 0 Å². The van der Waals surface area contributed by atoms with Crippen molar-refractivity contribution in [2.24, 2.45) is 5.92 Å². The summed E-state index contributed by atoms with van der Waals surface area (Å²) in [6.07, 6.45) is 0. The predicted molar refractivity (Wildman–Crippen MR) is 87.7 cm³/mol. The van der Waals surface area contributed by atoms with Gasteiger partial charge in [0.15, 0.2) is 0 Å². The van der Waals surface area contributed by atoms with Gasteiger partial charge < -0.3 is 14.8 Å². The molecule has 0 saturated carbocycles. The minimum atomic E-state index is -0.201. The molecule has 0 saturated heterocycles. The molecule has 116 valence electrons. The largest absolute Gasteiger partial charge is 0.497 e. The summed E-state index contributed by atoms with van der Waals surface area (Å²) in [5.74, 6) is 1.49. The number of carbonyl (C=O) groups is 1. The summed E-state index contributed by atoms with van der Waals surface area (Å²) >= 11 is 0. The fourth-order valence-electron chi connectivity index (χ4n) is 1.94. The average Bonchev–Trinajstić information content (AvgIpc) is 2.53. The van der Waals surface area contributed by atoms with Gasteiger partial charge in [-0.2, -0.15) is 0 Å². The van der Waals surface area contributed by atoms with Crippen LogP contribution in [0.1, 0.15) is 24.2 Å². The van der Waals surface area contributed by atoms with E-state index in [9.17, 15) is 4.79 Å². The van der Waals surface area contributed by atoms with Crippen LogP contribution < -0.4 is 14.8 Å². The number of methoxy groups -OCH3 is 1. The van der Waals surface area contributed by atoms with Gasteiger partial charge in [-0.25, -0.2) is 0 Å². The van der Waals surface area contributed by atoms with E-state index in [1.54, 1.807) is 19.2 Å². The molecule has 22 heavy (non-hydrogen) atoms. The first-order valence-electron chi connectivity index (χ1n) is 7.27. The Labute approximate surface area is 131 Å². The highest BCUT2D eigenvalue weighted by atomic mass is 16.5. The van der Waals surface area contributed by atoms with Gasteiger partial charge in [0, 0.05) is 11.8 Å². The van der Waals surface area contributed by atoms with Gasteiger partial charge >= 0.3 is 0 Å². The lowest BCUT2D eigenvalue weighted by atomic mass is 10.1. The average molecular weight is 299 g/mol. The third-order valence-electron chi connectivity index (χ3n) is 3.03. The van der Waals surface area contributed by atoms with Crippen LogP contribution in [0, 0.1) is 5.92 Å². The number of hydrogen-bond acceptors (Lipinski definition) is 3. The van der Waals surface area contributed by atoms with E-state index in [1.807, 2.05) is 36.4 Å². The minimum Gasteiger partial charge on any atom is -0.497 e. The Morgan fingerprint density at radius 1 is 1.14 bits per heavy atom. The Balaban J connectivity index is 2.15. The van der Waals surface area contributed by atoms with Gasteiger partial charge in [-0.05, 0) is 30.2 Å². The smallest absolute Gasteiger partial charge is 0.259 e. The number of rotatable bonds is 6. The molecule has 0 unspecified atom stereocenters. The molecule has 1 amide bonds. The highest BCUT2D eigenvalue weighted by molar-refractivity contribution is 6.06. The molecule has 1 N–H and O–H groups in total. The molecule has 0 spiro atoms. The number of carbonyl (C=O) groups excluding carboxylic acids is 1. The summed E-state index contributed by atoms with van der Waals surface area (Å²) in [6, 6.07) is 14.5. The molecular weight excluding hydrogens is 278 g/mol. The van der Waals surface area contributed by atoms with Crippen LogP contribution in [-0.4, -0.2) is 19.6 Å². The summed E-state index contributed by atoms with van der Waals surface area (Å²) < 4.78 is 10.9. The highest BCUT2D eigenvalue weighted by Gasteiger charge is 2.13. The second-order valence-electron chi connectivity index (χ2n) is 5.39. The maximum absolute atomic E-state index is 12.4. The van der Waals surface area contributed by atoms with E-state index in [-0.39, 0.29) is 5.91 Å². The van der Waals surface area contributed by atoms with Crippen molar-refractivity contribution in [1.29, 1.82) is 0 Å².